The molecule has 0 aliphatic heterocycles. The number of hydrogen-bond acceptors (Lipinski definition) is 3. The number of carbonyl (C=O) groups is 1. The predicted octanol–water partition coefficient (Wildman–Crippen LogP) is 2.32. The van der Waals surface area contributed by atoms with Crippen LogP contribution in [0.25, 0.3) is 10.8 Å². The van der Waals surface area contributed by atoms with Crippen molar-refractivity contribution in [2.75, 3.05) is 7.11 Å². The van der Waals surface area contributed by atoms with E-state index in [4.69, 9.17) is 9.84 Å². The number of benzene rings is 2. The van der Waals surface area contributed by atoms with Crippen LogP contribution in [0.15, 0.2) is 36.4 Å². The van der Waals surface area contributed by atoms with Gasteiger partial charge in [-0.15, -0.1) is 0 Å². The molecular formula is C13H12O4. The number of aliphatic carboxylic acids is 1. The second-order valence-electron chi connectivity index (χ2n) is 3.67. The molecule has 1 unspecified atom stereocenters. The minimum atomic E-state index is -1.17. The zero-order chi connectivity index (χ0) is 12.4. The summed E-state index contributed by atoms with van der Waals surface area (Å²) in [7, 11) is 1.31. The lowest BCUT2D eigenvalue weighted by Gasteiger charge is -2.15. The van der Waals surface area contributed by atoms with Crippen molar-refractivity contribution in [1.29, 1.82) is 0 Å². The van der Waals surface area contributed by atoms with Crippen molar-refractivity contribution in [3.05, 3.63) is 42.0 Å². The zero-order valence-corrected chi connectivity index (χ0v) is 9.25. The van der Waals surface area contributed by atoms with Gasteiger partial charge < -0.3 is 14.9 Å². The SMILES string of the molecule is COC(C(=O)O)c1c(O)ccc2ccccc12. The van der Waals surface area contributed by atoms with Gasteiger partial charge in [0.2, 0.25) is 0 Å². The number of methoxy groups -OCH3 is 1. The Bertz CT molecular complexity index is 562. The number of hydrogen-bond donors (Lipinski definition) is 2. The first-order valence-electron chi connectivity index (χ1n) is 5.11. The summed E-state index contributed by atoms with van der Waals surface area (Å²) in [6.45, 7) is 0. The summed E-state index contributed by atoms with van der Waals surface area (Å²) in [6, 6.07) is 10.5. The highest BCUT2D eigenvalue weighted by molar-refractivity contribution is 5.92. The number of aromatic hydroxyl groups is 1. The van der Waals surface area contributed by atoms with Crippen molar-refractivity contribution in [2.45, 2.75) is 6.10 Å². The minimum absolute atomic E-state index is 0.0713. The summed E-state index contributed by atoms with van der Waals surface area (Å²) in [5, 5.41) is 20.4. The Hall–Kier alpha value is -2.07. The van der Waals surface area contributed by atoms with E-state index in [0.29, 0.717) is 5.39 Å². The van der Waals surface area contributed by atoms with Gasteiger partial charge in [0.15, 0.2) is 6.10 Å². The molecule has 2 rings (SSSR count). The third-order valence-corrected chi connectivity index (χ3v) is 2.67. The first-order valence-corrected chi connectivity index (χ1v) is 5.11. The van der Waals surface area contributed by atoms with Crippen LogP contribution in [-0.2, 0) is 9.53 Å². The quantitative estimate of drug-likeness (QED) is 0.852. The average molecular weight is 232 g/mol. The number of ether oxygens (including phenoxy) is 1. The number of fused-ring (bicyclic) bond motifs is 1. The molecule has 0 amide bonds. The van der Waals surface area contributed by atoms with Gasteiger partial charge in [-0.25, -0.2) is 4.79 Å². The van der Waals surface area contributed by atoms with Gasteiger partial charge in [-0.3, -0.25) is 0 Å². The molecule has 88 valence electrons. The monoisotopic (exact) mass is 232 g/mol. The van der Waals surface area contributed by atoms with Gasteiger partial charge in [0.25, 0.3) is 0 Å². The second kappa shape index (κ2) is 4.43. The fourth-order valence-corrected chi connectivity index (χ4v) is 1.90. The van der Waals surface area contributed by atoms with Gasteiger partial charge in [-0.1, -0.05) is 30.3 Å². The molecule has 0 aliphatic rings. The number of phenolic OH excluding ortho intramolecular Hbond substituents is 1. The summed E-state index contributed by atoms with van der Waals surface area (Å²) in [6.07, 6.45) is -1.17. The van der Waals surface area contributed by atoms with E-state index in [1.807, 2.05) is 12.1 Å². The van der Waals surface area contributed by atoms with Crippen molar-refractivity contribution < 1.29 is 19.7 Å². The molecule has 1 atom stereocenters. The number of carboxylic acid groups (broad SMARTS) is 1. The maximum absolute atomic E-state index is 11.1. The third kappa shape index (κ3) is 1.94. The Morgan fingerprint density at radius 2 is 1.94 bits per heavy atom. The topological polar surface area (TPSA) is 66.8 Å². The molecule has 0 heterocycles. The van der Waals surface area contributed by atoms with E-state index in [0.717, 1.165) is 5.39 Å². The van der Waals surface area contributed by atoms with Gasteiger partial charge in [-0.2, -0.15) is 0 Å². The van der Waals surface area contributed by atoms with Gasteiger partial charge in [0.1, 0.15) is 5.75 Å². The third-order valence-electron chi connectivity index (χ3n) is 2.67. The molecule has 0 aromatic heterocycles. The number of carboxylic acids is 1. The lowest BCUT2D eigenvalue weighted by Crippen LogP contribution is -2.14. The summed E-state index contributed by atoms with van der Waals surface area (Å²) in [4.78, 5) is 11.1. The molecule has 2 aromatic rings. The molecule has 0 radical (unpaired) electrons. The second-order valence-corrected chi connectivity index (χ2v) is 3.67. The van der Waals surface area contributed by atoms with Crippen LogP contribution in [0.3, 0.4) is 0 Å². The largest absolute Gasteiger partial charge is 0.508 e. The highest BCUT2D eigenvalue weighted by atomic mass is 16.5. The van der Waals surface area contributed by atoms with Gasteiger partial charge in [-0.05, 0) is 16.8 Å². The van der Waals surface area contributed by atoms with Crippen molar-refractivity contribution in [2.24, 2.45) is 0 Å². The van der Waals surface area contributed by atoms with Crippen LogP contribution in [0.1, 0.15) is 11.7 Å². The van der Waals surface area contributed by atoms with Crippen molar-refractivity contribution in [3.63, 3.8) is 0 Å². The normalized spacial score (nSPS) is 12.5. The van der Waals surface area contributed by atoms with Crippen LogP contribution in [-0.4, -0.2) is 23.3 Å². The molecule has 0 saturated heterocycles. The number of phenols is 1. The summed E-state index contributed by atoms with van der Waals surface area (Å²) < 4.78 is 4.93. The van der Waals surface area contributed by atoms with Gasteiger partial charge in [0, 0.05) is 12.7 Å². The lowest BCUT2D eigenvalue weighted by molar-refractivity contribution is -0.148. The Balaban J connectivity index is 2.73. The molecule has 0 fully saturated rings. The maximum Gasteiger partial charge on any atom is 0.337 e. The summed E-state index contributed by atoms with van der Waals surface area (Å²) in [5.74, 6) is -1.20. The van der Waals surface area contributed by atoms with E-state index in [2.05, 4.69) is 0 Å². The Morgan fingerprint density at radius 3 is 2.59 bits per heavy atom. The van der Waals surface area contributed by atoms with Crippen LogP contribution < -0.4 is 0 Å². The van der Waals surface area contributed by atoms with E-state index < -0.39 is 12.1 Å². The first kappa shape index (κ1) is 11.4. The molecule has 0 saturated carbocycles. The van der Waals surface area contributed by atoms with E-state index in [1.165, 1.54) is 13.2 Å². The van der Waals surface area contributed by atoms with E-state index >= 15 is 0 Å². The zero-order valence-electron chi connectivity index (χ0n) is 9.25. The van der Waals surface area contributed by atoms with E-state index in [-0.39, 0.29) is 11.3 Å². The molecule has 2 aromatic carbocycles. The smallest absolute Gasteiger partial charge is 0.337 e. The Morgan fingerprint density at radius 1 is 1.24 bits per heavy atom. The molecule has 17 heavy (non-hydrogen) atoms. The van der Waals surface area contributed by atoms with Crippen molar-refractivity contribution in [1.82, 2.24) is 0 Å². The minimum Gasteiger partial charge on any atom is -0.508 e. The molecule has 4 nitrogen and oxygen atoms in total. The first-order chi connectivity index (χ1) is 8.15. The molecular weight excluding hydrogens is 220 g/mol. The Labute approximate surface area is 98.1 Å². The van der Waals surface area contributed by atoms with Crippen LogP contribution in [0.2, 0.25) is 0 Å². The highest BCUT2D eigenvalue weighted by Gasteiger charge is 2.24. The highest BCUT2D eigenvalue weighted by Crippen LogP contribution is 2.33. The van der Waals surface area contributed by atoms with E-state index in [1.54, 1.807) is 18.2 Å². The average Bonchev–Trinajstić information content (AvgIpc) is 2.32. The van der Waals surface area contributed by atoms with Gasteiger partial charge in [0.05, 0.1) is 0 Å². The van der Waals surface area contributed by atoms with Crippen molar-refractivity contribution in [3.8, 4) is 5.75 Å². The Kier molecular flexibility index (Phi) is 2.97. The number of rotatable bonds is 3. The predicted molar refractivity (Wildman–Crippen MR) is 63.0 cm³/mol. The molecule has 0 spiro atoms. The van der Waals surface area contributed by atoms with E-state index in [9.17, 15) is 9.90 Å². The van der Waals surface area contributed by atoms with Crippen molar-refractivity contribution >= 4 is 16.7 Å². The fraction of sp³-hybridized carbons (Fsp3) is 0.154. The maximum atomic E-state index is 11.1. The molecule has 4 heteroatoms. The lowest BCUT2D eigenvalue weighted by atomic mass is 9.99. The molecule has 0 bridgehead atoms. The molecule has 0 aliphatic carbocycles. The van der Waals surface area contributed by atoms with Crippen LogP contribution in [0, 0.1) is 0 Å². The summed E-state index contributed by atoms with van der Waals surface area (Å²) in [5.41, 5.74) is 0.290. The standard InChI is InChI=1S/C13H12O4/c1-17-12(13(15)16)11-9-5-3-2-4-8(9)6-7-10(11)14/h2-7,12,14H,1H3,(H,15,16). The van der Waals surface area contributed by atoms with Crippen LogP contribution in [0.4, 0.5) is 0 Å². The van der Waals surface area contributed by atoms with Gasteiger partial charge >= 0.3 is 5.97 Å². The fourth-order valence-electron chi connectivity index (χ4n) is 1.90. The van der Waals surface area contributed by atoms with Crippen LogP contribution >= 0.6 is 0 Å². The van der Waals surface area contributed by atoms with Crippen LogP contribution in [0.5, 0.6) is 5.75 Å². The molecule has 2 N–H and O–H groups in total. The summed E-state index contributed by atoms with van der Waals surface area (Å²) >= 11 is 0.